The van der Waals surface area contributed by atoms with Crippen molar-refractivity contribution in [3.05, 3.63) is 71.9 Å². The maximum absolute atomic E-state index is 13.2. The molecular formula is C26H30N5O4. The Morgan fingerprint density at radius 3 is 2.26 bits per heavy atom. The number of hydrogen-bond acceptors (Lipinski definition) is 5. The van der Waals surface area contributed by atoms with Gasteiger partial charge in [0.05, 0.1) is 12.1 Å². The van der Waals surface area contributed by atoms with Crippen molar-refractivity contribution in [1.82, 2.24) is 20.9 Å². The second-order valence-corrected chi connectivity index (χ2v) is 8.51. The molecule has 0 unspecified atom stereocenters. The highest BCUT2D eigenvalue weighted by Gasteiger charge is 2.27. The molecule has 0 fully saturated rings. The highest BCUT2D eigenvalue weighted by Crippen LogP contribution is 2.19. The van der Waals surface area contributed by atoms with Crippen LogP contribution >= 0.6 is 0 Å². The molecule has 2 aromatic carbocycles. The van der Waals surface area contributed by atoms with E-state index in [-0.39, 0.29) is 12.8 Å². The van der Waals surface area contributed by atoms with Crippen LogP contribution in [0.1, 0.15) is 25.0 Å². The predicted molar refractivity (Wildman–Crippen MR) is 133 cm³/mol. The molecule has 1 aromatic heterocycles. The fourth-order valence-electron chi connectivity index (χ4n) is 3.68. The van der Waals surface area contributed by atoms with Gasteiger partial charge in [-0.3, -0.25) is 19.2 Å². The zero-order valence-electron chi connectivity index (χ0n) is 19.7. The van der Waals surface area contributed by atoms with Gasteiger partial charge in [0.15, 0.2) is 0 Å². The first-order chi connectivity index (χ1) is 16.8. The van der Waals surface area contributed by atoms with E-state index in [2.05, 4.69) is 20.9 Å². The van der Waals surface area contributed by atoms with Gasteiger partial charge in [-0.2, -0.15) is 0 Å². The van der Waals surface area contributed by atoms with E-state index >= 15 is 0 Å². The van der Waals surface area contributed by atoms with Gasteiger partial charge in [0, 0.05) is 29.9 Å². The number of amides is 3. The average Bonchev–Trinajstić information content (AvgIpc) is 3.26. The lowest BCUT2D eigenvalue weighted by atomic mass is 10.0. The van der Waals surface area contributed by atoms with E-state index in [1.165, 1.54) is 13.8 Å². The molecule has 0 aliphatic heterocycles. The van der Waals surface area contributed by atoms with Crippen LogP contribution in [0.5, 0.6) is 0 Å². The first-order valence-corrected chi connectivity index (χ1v) is 11.4. The number of benzene rings is 2. The molecule has 4 atom stereocenters. The summed E-state index contributed by atoms with van der Waals surface area (Å²) in [6, 6.07) is 13.3. The van der Waals surface area contributed by atoms with Gasteiger partial charge in [0.2, 0.25) is 24.0 Å². The van der Waals surface area contributed by atoms with Crippen molar-refractivity contribution in [1.29, 1.82) is 0 Å². The van der Waals surface area contributed by atoms with Gasteiger partial charge in [-0.25, -0.2) is 0 Å². The van der Waals surface area contributed by atoms with E-state index in [1.807, 2.05) is 60.9 Å². The standard InChI is InChI=1S/C26H30N5O4/c1-16(27)24(33)29-17(2)25(34)31-23(13-19-14-28-22-11-7-6-10-21(19)22)26(35)30-20(15-32)12-18-8-4-3-5-9-18/h3-11,14,16-17,20,23,28H,12-13,27H2,1-2H3,(H,29,33)(H,30,35)(H,31,34)/t16-,17-,20+,23-/m0/s1. The van der Waals surface area contributed by atoms with Crippen LogP contribution in [0.4, 0.5) is 0 Å². The number of nitrogens with two attached hydrogens (primary N) is 1. The molecule has 0 aliphatic carbocycles. The molecule has 1 heterocycles. The molecule has 183 valence electrons. The van der Waals surface area contributed by atoms with E-state index in [0.29, 0.717) is 0 Å². The molecule has 0 saturated carbocycles. The molecule has 6 N–H and O–H groups in total. The van der Waals surface area contributed by atoms with Gasteiger partial charge in [-0.15, -0.1) is 0 Å². The second-order valence-electron chi connectivity index (χ2n) is 8.51. The summed E-state index contributed by atoms with van der Waals surface area (Å²) in [5.41, 5.74) is 8.15. The zero-order chi connectivity index (χ0) is 25.4. The fourth-order valence-corrected chi connectivity index (χ4v) is 3.68. The van der Waals surface area contributed by atoms with Gasteiger partial charge in [0.25, 0.3) is 0 Å². The molecule has 3 rings (SSSR count). The number of aromatic nitrogens is 1. The fraction of sp³-hybridized carbons (Fsp3) is 0.308. The lowest BCUT2D eigenvalue weighted by Gasteiger charge is -2.23. The Kier molecular flexibility index (Phi) is 8.74. The average molecular weight is 477 g/mol. The second kappa shape index (κ2) is 11.9. The first kappa shape index (κ1) is 25.6. The third-order valence-electron chi connectivity index (χ3n) is 5.64. The Hall–Kier alpha value is -3.98. The van der Waals surface area contributed by atoms with Crippen LogP contribution in [0.15, 0.2) is 60.8 Å². The number of aromatic amines is 1. The third kappa shape index (κ3) is 7.00. The smallest absolute Gasteiger partial charge is 0.243 e. The van der Waals surface area contributed by atoms with E-state index in [0.717, 1.165) is 22.0 Å². The van der Waals surface area contributed by atoms with Crippen molar-refractivity contribution in [2.75, 3.05) is 0 Å². The maximum Gasteiger partial charge on any atom is 0.243 e. The van der Waals surface area contributed by atoms with Gasteiger partial charge in [-0.1, -0.05) is 48.5 Å². The predicted octanol–water partition coefficient (Wildman–Crippen LogP) is 0.884. The molecule has 3 amide bonds. The Morgan fingerprint density at radius 2 is 1.57 bits per heavy atom. The van der Waals surface area contributed by atoms with E-state index < -0.39 is 41.9 Å². The lowest BCUT2D eigenvalue weighted by molar-refractivity contribution is -0.132. The summed E-state index contributed by atoms with van der Waals surface area (Å²) in [6.07, 6.45) is 4.09. The number of para-hydroxylation sites is 1. The van der Waals surface area contributed by atoms with Crippen molar-refractivity contribution < 1.29 is 19.2 Å². The molecule has 0 bridgehead atoms. The topological polar surface area (TPSA) is 146 Å². The minimum atomic E-state index is -0.997. The van der Waals surface area contributed by atoms with Crippen molar-refractivity contribution in [2.24, 2.45) is 5.73 Å². The summed E-state index contributed by atoms with van der Waals surface area (Å²) in [6.45, 7) is 3.02. The summed E-state index contributed by atoms with van der Waals surface area (Å²) in [7, 11) is 0. The van der Waals surface area contributed by atoms with Gasteiger partial charge in [-0.05, 0) is 31.0 Å². The highest BCUT2D eigenvalue weighted by molar-refractivity contribution is 5.94. The molecular weight excluding hydrogens is 446 g/mol. The monoisotopic (exact) mass is 476 g/mol. The molecule has 0 spiro atoms. The molecule has 1 radical (unpaired) electrons. The number of carbonyl (C=O) groups excluding carboxylic acids is 4. The molecule has 3 aromatic rings. The van der Waals surface area contributed by atoms with Crippen molar-refractivity contribution in [3.63, 3.8) is 0 Å². The van der Waals surface area contributed by atoms with Crippen molar-refractivity contribution in [3.8, 4) is 0 Å². The van der Waals surface area contributed by atoms with Crippen LogP contribution in [0, 0.1) is 0 Å². The third-order valence-corrected chi connectivity index (χ3v) is 5.64. The largest absolute Gasteiger partial charge is 0.361 e. The number of H-pyrrole nitrogens is 1. The minimum absolute atomic E-state index is 0.173. The van der Waals surface area contributed by atoms with Gasteiger partial charge < -0.3 is 26.7 Å². The molecule has 0 aliphatic rings. The number of nitrogens with one attached hydrogen (secondary N) is 4. The Labute approximate surface area is 203 Å². The Morgan fingerprint density at radius 1 is 0.886 bits per heavy atom. The van der Waals surface area contributed by atoms with Gasteiger partial charge in [0.1, 0.15) is 12.1 Å². The van der Waals surface area contributed by atoms with E-state index in [4.69, 9.17) is 5.73 Å². The summed E-state index contributed by atoms with van der Waals surface area (Å²) in [4.78, 5) is 52.7. The highest BCUT2D eigenvalue weighted by atomic mass is 16.2. The molecule has 35 heavy (non-hydrogen) atoms. The molecule has 0 saturated heterocycles. The number of fused-ring (bicyclic) bond motifs is 1. The van der Waals surface area contributed by atoms with Gasteiger partial charge >= 0.3 is 0 Å². The number of hydrogen-bond donors (Lipinski definition) is 5. The lowest BCUT2D eigenvalue weighted by Crippen LogP contribution is -2.56. The zero-order valence-corrected chi connectivity index (χ0v) is 19.7. The van der Waals surface area contributed by atoms with Crippen LogP contribution < -0.4 is 21.7 Å². The van der Waals surface area contributed by atoms with Crippen LogP contribution in [-0.4, -0.2) is 53.2 Å². The quantitative estimate of drug-likeness (QED) is 0.279. The van der Waals surface area contributed by atoms with Crippen LogP contribution in [0.25, 0.3) is 10.9 Å². The summed E-state index contributed by atoms with van der Waals surface area (Å²) in [5.74, 6) is -1.56. The number of rotatable bonds is 11. The Bertz CT molecular complexity index is 1170. The minimum Gasteiger partial charge on any atom is -0.361 e. The summed E-state index contributed by atoms with van der Waals surface area (Å²) in [5, 5.41) is 8.83. The van der Waals surface area contributed by atoms with Crippen molar-refractivity contribution >= 4 is 34.9 Å². The number of carbonyl (C=O) groups is 3. The van der Waals surface area contributed by atoms with Crippen LogP contribution in [0.3, 0.4) is 0 Å². The normalized spacial score (nSPS) is 14.4. The van der Waals surface area contributed by atoms with E-state index in [1.54, 1.807) is 6.20 Å². The van der Waals surface area contributed by atoms with Crippen LogP contribution in [0.2, 0.25) is 0 Å². The Balaban J connectivity index is 1.78. The van der Waals surface area contributed by atoms with E-state index in [9.17, 15) is 19.2 Å². The summed E-state index contributed by atoms with van der Waals surface area (Å²) < 4.78 is 0. The molecule has 9 heteroatoms. The maximum atomic E-state index is 13.2. The first-order valence-electron chi connectivity index (χ1n) is 11.4. The molecule has 9 nitrogen and oxygen atoms in total. The summed E-state index contributed by atoms with van der Waals surface area (Å²) >= 11 is 0. The van der Waals surface area contributed by atoms with Crippen molar-refractivity contribution in [2.45, 2.75) is 50.9 Å². The van der Waals surface area contributed by atoms with Crippen LogP contribution in [-0.2, 0) is 32.0 Å². The SMILES string of the molecule is C[C@H](N)C(=O)N[C@@H](C)C(=O)N[C@@H](Cc1c[nH]c2ccccc12)C(=O)N[C@@H]([C]=O)Cc1ccccc1.